The van der Waals surface area contributed by atoms with Crippen LogP contribution in [0.2, 0.25) is 0 Å². The van der Waals surface area contributed by atoms with E-state index in [1.54, 1.807) is 0 Å². The lowest BCUT2D eigenvalue weighted by atomic mass is 9.79. The van der Waals surface area contributed by atoms with Crippen molar-refractivity contribution in [3.63, 3.8) is 0 Å². The Bertz CT molecular complexity index is 1360. The largest absolute Gasteiger partial charge is 0.348 e. The van der Waals surface area contributed by atoms with Gasteiger partial charge in [0, 0.05) is 17.8 Å². The standard InChI is InChI=1S/C29H29N3O/c33-29(30-23-16-19-12-18-13-21(15-19)22(14-18)17-23)27-26-10-3-4-11-32(26)28(31-27)25-9-5-7-20-6-1-2-8-24(20)25/h1-11,18-19,21-23H,12-17H2,(H,30,33). The van der Waals surface area contributed by atoms with Gasteiger partial charge in [-0.2, -0.15) is 0 Å². The third kappa shape index (κ3) is 3.18. The average Bonchev–Trinajstić information content (AvgIpc) is 3.31. The van der Waals surface area contributed by atoms with Crippen LogP contribution in [0.5, 0.6) is 0 Å². The van der Waals surface area contributed by atoms with E-state index in [-0.39, 0.29) is 11.9 Å². The van der Waals surface area contributed by atoms with E-state index in [2.05, 4.69) is 52.2 Å². The van der Waals surface area contributed by atoms with E-state index in [9.17, 15) is 4.79 Å². The van der Waals surface area contributed by atoms with E-state index in [1.165, 1.54) is 31.1 Å². The molecule has 7 rings (SSSR count). The zero-order valence-electron chi connectivity index (χ0n) is 18.8. The number of pyridine rings is 1. The number of imidazole rings is 1. The van der Waals surface area contributed by atoms with Crippen molar-refractivity contribution in [1.82, 2.24) is 14.7 Å². The zero-order valence-corrected chi connectivity index (χ0v) is 18.8. The van der Waals surface area contributed by atoms with Gasteiger partial charge in [0.2, 0.25) is 0 Å². The lowest BCUT2D eigenvalue weighted by molar-refractivity contribution is 0.0920. The highest BCUT2D eigenvalue weighted by Gasteiger charge is 2.45. The number of amides is 1. The predicted octanol–water partition coefficient (Wildman–Crippen LogP) is 6.10. The Balaban J connectivity index is 1.25. The molecule has 1 amide bonds. The van der Waals surface area contributed by atoms with Crippen LogP contribution in [0.3, 0.4) is 0 Å². The molecule has 2 heterocycles. The predicted molar refractivity (Wildman–Crippen MR) is 131 cm³/mol. The number of carbonyl (C=O) groups excluding carboxylic acids is 1. The van der Waals surface area contributed by atoms with Gasteiger partial charge in [-0.05, 0) is 85.1 Å². The summed E-state index contributed by atoms with van der Waals surface area (Å²) in [4.78, 5) is 18.5. The van der Waals surface area contributed by atoms with Crippen molar-refractivity contribution in [3.8, 4) is 11.4 Å². The van der Waals surface area contributed by atoms with Crippen molar-refractivity contribution in [2.45, 2.75) is 44.6 Å². The van der Waals surface area contributed by atoms with Gasteiger partial charge in [0.15, 0.2) is 5.69 Å². The number of rotatable bonds is 3. The van der Waals surface area contributed by atoms with Gasteiger partial charge < -0.3 is 5.32 Å². The highest BCUT2D eigenvalue weighted by Crippen LogP contribution is 2.53. The van der Waals surface area contributed by atoms with Gasteiger partial charge in [-0.1, -0.05) is 48.5 Å². The van der Waals surface area contributed by atoms with E-state index in [0.717, 1.165) is 58.8 Å². The molecule has 0 radical (unpaired) electrons. The highest BCUT2D eigenvalue weighted by atomic mass is 16.2. The summed E-state index contributed by atoms with van der Waals surface area (Å²) in [5, 5.41) is 5.75. The minimum absolute atomic E-state index is 0.0255. The molecule has 4 aromatic rings. The molecule has 1 N–H and O–H groups in total. The second kappa shape index (κ2) is 7.44. The summed E-state index contributed by atoms with van der Waals surface area (Å²) in [7, 11) is 0. The van der Waals surface area contributed by atoms with Crippen molar-refractivity contribution in [2.75, 3.05) is 0 Å². The van der Waals surface area contributed by atoms with Crippen molar-refractivity contribution in [1.29, 1.82) is 0 Å². The van der Waals surface area contributed by atoms with Crippen LogP contribution >= 0.6 is 0 Å². The zero-order chi connectivity index (χ0) is 21.9. The first-order valence-electron chi connectivity index (χ1n) is 12.5. The molecule has 0 saturated heterocycles. The number of fused-ring (bicyclic) bond motifs is 4. The van der Waals surface area contributed by atoms with Crippen molar-refractivity contribution >= 4 is 22.2 Å². The smallest absolute Gasteiger partial charge is 0.272 e. The minimum atomic E-state index is -0.0255. The molecule has 4 heteroatoms. The van der Waals surface area contributed by atoms with Crippen LogP contribution < -0.4 is 5.32 Å². The molecule has 3 saturated carbocycles. The maximum absolute atomic E-state index is 13.6. The van der Waals surface area contributed by atoms with E-state index in [0.29, 0.717) is 5.69 Å². The van der Waals surface area contributed by atoms with Gasteiger partial charge in [-0.15, -0.1) is 0 Å². The van der Waals surface area contributed by atoms with Crippen molar-refractivity contribution in [2.24, 2.45) is 23.7 Å². The quantitative estimate of drug-likeness (QED) is 0.423. The van der Waals surface area contributed by atoms with Crippen LogP contribution in [-0.2, 0) is 0 Å². The van der Waals surface area contributed by atoms with Gasteiger partial charge >= 0.3 is 0 Å². The van der Waals surface area contributed by atoms with Gasteiger partial charge in [0.05, 0.1) is 5.52 Å². The number of aromatic nitrogens is 2. The van der Waals surface area contributed by atoms with Crippen LogP contribution in [-0.4, -0.2) is 21.3 Å². The number of nitrogens with zero attached hydrogens (tertiary/aromatic N) is 2. The van der Waals surface area contributed by atoms with Gasteiger partial charge in [0.1, 0.15) is 5.82 Å². The topological polar surface area (TPSA) is 46.4 Å². The Morgan fingerprint density at radius 3 is 2.48 bits per heavy atom. The van der Waals surface area contributed by atoms with Crippen LogP contribution in [0, 0.1) is 23.7 Å². The third-order valence-corrected chi connectivity index (χ3v) is 8.58. The Labute approximate surface area is 194 Å². The van der Waals surface area contributed by atoms with Gasteiger partial charge in [-0.3, -0.25) is 9.20 Å². The number of hydrogen-bond donors (Lipinski definition) is 1. The fraction of sp³-hybridized carbons (Fsp3) is 0.379. The average molecular weight is 436 g/mol. The summed E-state index contributed by atoms with van der Waals surface area (Å²) < 4.78 is 2.06. The van der Waals surface area contributed by atoms with E-state index < -0.39 is 0 Å². The Morgan fingerprint density at radius 2 is 1.58 bits per heavy atom. The Kier molecular flexibility index (Phi) is 4.36. The molecule has 166 valence electrons. The molecule has 33 heavy (non-hydrogen) atoms. The number of carbonyl (C=O) groups is 1. The van der Waals surface area contributed by atoms with Crippen LogP contribution in [0.1, 0.15) is 49.0 Å². The molecule has 3 bridgehead atoms. The minimum Gasteiger partial charge on any atom is -0.348 e. The monoisotopic (exact) mass is 435 g/mol. The summed E-state index contributed by atoms with van der Waals surface area (Å²) in [6, 6.07) is 20.9. The number of benzene rings is 2. The molecular formula is C29H29N3O. The SMILES string of the molecule is O=C(NC1CC2CC3CC(C2)C(C3)C1)c1nc(-c2cccc3ccccc23)n2ccccc12. The van der Waals surface area contributed by atoms with E-state index in [1.807, 2.05) is 24.4 Å². The molecule has 5 atom stereocenters. The molecule has 2 aromatic heterocycles. The number of hydrogen-bond acceptors (Lipinski definition) is 2. The highest BCUT2D eigenvalue weighted by molar-refractivity contribution is 6.02. The molecule has 3 fully saturated rings. The van der Waals surface area contributed by atoms with Crippen LogP contribution in [0.25, 0.3) is 27.7 Å². The summed E-state index contributed by atoms with van der Waals surface area (Å²) in [6.45, 7) is 0. The lowest BCUT2D eigenvalue weighted by Crippen LogP contribution is -2.37. The molecule has 3 aliphatic carbocycles. The Hall–Kier alpha value is -3.14. The first kappa shape index (κ1) is 19.3. The molecule has 0 aliphatic heterocycles. The molecule has 4 nitrogen and oxygen atoms in total. The fourth-order valence-corrected chi connectivity index (χ4v) is 7.35. The van der Waals surface area contributed by atoms with E-state index >= 15 is 0 Å². The van der Waals surface area contributed by atoms with Crippen molar-refractivity contribution in [3.05, 3.63) is 72.6 Å². The van der Waals surface area contributed by atoms with Gasteiger partial charge in [0.25, 0.3) is 5.91 Å². The Morgan fingerprint density at radius 1 is 0.818 bits per heavy atom. The van der Waals surface area contributed by atoms with Crippen LogP contribution in [0.4, 0.5) is 0 Å². The molecular weight excluding hydrogens is 406 g/mol. The van der Waals surface area contributed by atoms with Gasteiger partial charge in [-0.25, -0.2) is 4.98 Å². The normalized spacial score (nSPS) is 28.3. The third-order valence-electron chi connectivity index (χ3n) is 8.58. The summed E-state index contributed by atoms with van der Waals surface area (Å²) in [6.07, 6.45) is 9.86. The maximum Gasteiger partial charge on any atom is 0.272 e. The molecule has 5 unspecified atom stereocenters. The molecule has 0 spiro atoms. The lowest BCUT2D eigenvalue weighted by Gasteiger charge is -2.28. The second-order valence-electron chi connectivity index (χ2n) is 10.6. The fourth-order valence-electron chi connectivity index (χ4n) is 7.35. The maximum atomic E-state index is 13.6. The molecule has 3 aliphatic rings. The summed E-state index contributed by atoms with van der Waals surface area (Å²) in [5.74, 6) is 4.25. The van der Waals surface area contributed by atoms with Crippen molar-refractivity contribution < 1.29 is 4.79 Å². The van der Waals surface area contributed by atoms with E-state index in [4.69, 9.17) is 4.98 Å². The summed E-state index contributed by atoms with van der Waals surface area (Å²) >= 11 is 0. The number of nitrogens with one attached hydrogen (secondary N) is 1. The first-order valence-corrected chi connectivity index (χ1v) is 12.5. The summed E-state index contributed by atoms with van der Waals surface area (Å²) in [5.41, 5.74) is 2.46. The second-order valence-corrected chi connectivity index (χ2v) is 10.6. The molecule has 2 aromatic carbocycles. The first-order chi connectivity index (χ1) is 16.2. The van der Waals surface area contributed by atoms with Crippen LogP contribution in [0.15, 0.2) is 66.9 Å².